The predicted molar refractivity (Wildman–Crippen MR) is 50.8 cm³/mol. The minimum atomic E-state index is -0.186. The zero-order valence-corrected chi connectivity index (χ0v) is 8.65. The number of imide groups is 1. The van der Waals surface area contributed by atoms with Gasteiger partial charge in [0.05, 0.1) is 6.61 Å². The number of methoxy groups -OCH3 is 1. The molecule has 0 aromatic heterocycles. The summed E-state index contributed by atoms with van der Waals surface area (Å²) in [4.78, 5) is 25.8. The highest BCUT2D eigenvalue weighted by atomic mass is 16.5. The zero-order chi connectivity index (χ0) is 10.6. The normalized spacial score (nSPS) is 17.0. The molecule has 80 valence electrons. The van der Waals surface area contributed by atoms with Crippen LogP contribution in [0, 0.1) is 0 Å². The average molecular weight is 200 g/mol. The fourth-order valence-corrected chi connectivity index (χ4v) is 1.41. The Morgan fingerprint density at radius 3 is 2.64 bits per heavy atom. The molecule has 1 fully saturated rings. The topological polar surface area (TPSA) is 49.9 Å². The molecule has 0 radical (unpaired) electrons. The molecular formula is C9H16N2O3. The Morgan fingerprint density at radius 2 is 2.07 bits per heavy atom. The number of ether oxygens (including phenoxy) is 1. The van der Waals surface area contributed by atoms with Gasteiger partial charge in [-0.1, -0.05) is 6.92 Å². The van der Waals surface area contributed by atoms with Crippen molar-refractivity contribution in [1.29, 1.82) is 0 Å². The van der Waals surface area contributed by atoms with Crippen LogP contribution >= 0.6 is 0 Å². The molecule has 0 saturated carbocycles. The van der Waals surface area contributed by atoms with Gasteiger partial charge in [-0.05, 0) is 6.42 Å². The molecule has 0 N–H and O–H groups in total. The first kappa shape index (κ1) is 11.0. The Hall–Kier alpha value is -1.10. The van der Waals surface area contributed by atoms with Gasteiger partial charge < -0.3 is 9.64 Å². The molecule has 0 spiro atoms. The molecular weight excluding hydrogens is 184 g/mol. The minimum Gasteiger partial charge on any atom is -0.383 e. The van der Waals surface area contributed by atoms with Gasteiger partial charge in [0.1, 0.15) is 6.54 Å². The van der Waals surface area contributed by atoms with Crippen molar-refractivity contribution in [3.8, 4) is 0 Å². The van der Waals surface area contributed by atoms with Crippen molar-refractivity contribution in [2.75, 3.05) is 33.4 Å². The molecule has 1 aliphatic rings. The molecule has 1 heterocycles. The van der Waals surface area contributed by atoms with Crippen LogP contribution in [0.15, 0.2) is 0 Å². The summed E-state index contributed by atoms with van der Waals surface area (Å²) in [5, 5.41) is 0. The predicted octanol–water partition coefficient (Wildman–Crippen LogP) is 0.307. The lowest BCUT2D eigenvalue weighted by Gasteiger charge is -2.15. The summed E-state index contributed by atoms with van der Waals surface area (Å²) in [6.07, 6.45) is 0.801. The molecule has 3 amide bonds. The molecule has 1 aliphatic heterocycles. The standard InChI is InChI=1S/C9H16N2O3/c1-3-4-11-8(12)7-10(9(11)13)5-6-14-2/h3-7H2,1-2H3. The highest BCUT2D eigenvalue weighted by Gasteiger charge is 2.34. The number of amides is 3. The third-order valence-electron chi connectivity index (χ3n) is 2.14. The van der Waals surface area contributed by atoms with E-state index in [1.165, 1.54) is 9.80 Å². The van der Waals surface area contributed by atoms with Crippen LogP contribution in [0.5, 0.6) is 0 Å². The Morgan fingerprint density at radius 1 is 1.36 bits per heavy atom. The molecule has 0 aliphatic carbocycles. The van der Waals surface area contributed by atoms with Gasteiger partial charge in [-0.25, -0.2) is 4.79 Å². The van der Waals surface area contributed by atoms with E-state index in [0.717, 1.165) is 6.42 Å². The largest absolute Gasteiger partial charge is 0.383 e. The molecule has 0 bridgehead atoms. The Balaban J connectivity index is 2.51. The first-order valence-corrected chi connectivity index (χ1v) is 4.79. The maximum Gasteiger partial charge on any atom is 0.327 e. The van der Waals surface area contributed by atoms with E-state index in [4.69, 9.17) is 4.74 Å². The monoisotopic (exact) mass is 200 g/mol. The highest BCUT2D eigenvalue weighted by Crippen LogP contribution is 2.09. The van der Waals surface area contributed by atoms with Gasteiger partial charge in [0, 0.05) is 20.2 Å². The Kier molecular flexibility index (Phi) is 3.88. The molecule has 0 unspecified atom stereocenters. The van der Waals surface area contributed by atoms with Crippen molar-refractivity contribution in [2.24, 2.45) is 0 Å². The maximum absolute atomic E-state index is 11.6. The Bertz CT molecular complexity index is 230. The number of carbonyl (C=O) groups is 2. The lowest BCUT2D eigenvalue weighted by molar-refractivity contribution is -0.125. The van der Waals surface area contributed by atoms with Gasteiger partial charge in [-0.3, -0.25) is 9.69 Å². The summed E-state index contributed by atoms with van der Waals surface area (Å²) in [6.45, 7) is 3.61. The summed E-state index contributed by atoms with van der Waals surface area (Å²) in [5.41, 5.74) is 0. The van der Waals surface area contributed by atoms with E-state index < -0.39 is 0 Å². The number of hydrogen-bond donors (Lipinski definition) is 0. The van der Waals surface area contributed by atoms with Crippen molar-refractivity contribution in [1.82, 2.24) is 9.80 Å². The number of urea groups is 1. The minimum absolute atomic E-state index is 0.104. The molecule has 5 heteroatoms. The van der Waals surface area contributed by atoms with Crippen LogP contribution in [0.25, 0.3) is 0 Å². The van der Waals surface area contributed by atoms with E-state index >= 15 is 0 Å². The molecule has 1 saturated heterocycles. The highest BCUT2D eigenvalue weighted by molar-refractivity contribution is 6.01. The van der Waals surface area contributed by atoms with E-state index in [1.54, 1.807) is 7.11 Å². The molecule has 0 aromatic rings. The summed E-state index contributed by atoms with van der Waals surface area (Å²) >= 11 is 0. The van der Waals surface area contributed by atoms with E-state index in [9.17, 15) is 9.59 Å². The fraction of sp³-hybridized carbons (Fsp3) is 0.778. The summed E-state index contributed by atoms with van der Waals surface area (Å²) in [6, 6.07) is -0.186. The first-order chi connectivity index (χ1) is 6.70. The fourth-order valence-electron chi connectivity index (χ4n) is 1.41. The third-order valence-corrected chi connectivity index (χ3v) is 2.14. The van der Waals surface area contributed by atoms with Gasteiger partial charge >= 0.3 is 6.03 Å². The number of hydrogen-bond acceptors (Lipinski definition) is 3. The first-order valence-electron chi connectivity index (χ1n) is 4.79. The van der Waals surface area contributed by atoms with Crippen molar-refractivity contribution >= 4 is 11.9 Å². The molecule has 1 rings (SSSR count). The van der Waals surface area contributed by atoms with Gasteiger partial charge in [-0.2, -0.15) is 0 Å². The quantitative estimate of drug-likeness (QED) is 0.600. The van der Waals surface area contributed by atoms with Gasteiger partial charge in [-0.15, -0.1) is 0 Å². The second-order valence-electron chi connectivity index (χ2n) is 3.24. The van der Waals surface area contributed by atoms with Crippen LogP contribution in [-0.4, -0.2) is 55.1 Å². The van der Waals surface area contributed by atoms with Crippen LogP contribution in [0.3, 0.4) is 0 Å². The lowest BCUT2D eigenvalue weighted by Crippen LogP contribution is -2.34. The molecule has 14 heavy (non-hydrogen) atoms. The second kappa shape index (κ2) is 4.95. The van der Waals surface area contributed by atoms with Crippen molar-refractivity contribution < 1.29 is 14.3 Å². The van der Waals surface area contributed by atoms with Gasteiger partial charge in [0.2, 0.25) is 5.91 Å². The zero-order valence-electron chi connectivity index (χ0n) is 8.65. The Labute approximate surface area is 83.6 Å². The van der Waals surface area contributed by atoms with E-state index in [1.807, 2.05) is 6.92 Å². The lowest BCUT2D eigenvalue weighted by atomic mass is 10.4. The SMILES string of the molecule is CCCN1C(=O)CN(CCOC)C1=O. The van der Waals surface area contributed by atoms with Gasteiger partial charge in [0.15, 0.2) is 0 Å². The molecule has 5 nitrogen and oxygen atoms in total. The van der Waals surface area contributed by atoms with E-state index in [2.05, 4.69) is 0 Å². The van der Waals surface area contributed by atoms with Crippen molar-refractivity contribution in [3.05, 3.63) is 0 Å². The smallest absolute Gasteiger partial charge is 0.327 e. The summed E-state index contributed by atoms with van der Waals surface area (Å²) < 4.78 is 4.86. The average Bonchev–Trinajstić information content (AvgIpc) is 2.43. The van der Waals surface area contributed by atoms with Crippen LogP contribution in [-0.2, 0) is 9.53 Å². The number of carbonyl (C=O) groups excluding carboxylic acids is 2. The van der Waals surface area contributed by atoms with Crippen molar-refractivity contribution in [3.63, 3.8) is 0 Å². The molecule has 0 atom stereocenters. The molecule has 0 aromatic carbocycles. The number of nitrogens with zero attached hydrogens (tertiary/aromatic N) is 2. The number of rotatable bonds is 5. The van der Waals surface area contributed by atoms with Crippen LogP contribution < -0.4 is 0 Å². The summed E-state index contributed by atoms with van der Waals surface area (Å²) in [7, 11) is 1.58. The van der Waals surface area contributed by atoms with E-state index in [-0.39, 0.29) is 18.5 Å². The van der Waals surface area contributed by atoms with Crippen LogP contribution in [0.1, 0.15) is 13.3 Å². The third kappa shape index (κ3) is 2.23. The van der Waals surface area contributed by atoms with E-state index in [0.29, 0.717) is 19.7 Å². The van der Waals surface area contributed by atoms with Crippen LogP contribution in [0.4, 0.5) is 4.79 Å². The van der Waals surface area contributed by atoms with Crippen LogP contribution in [0.2, 0.25) is 0 Å². The maximum atomic E-state index is 11.6. The second-order valence-corrected chi connectivity index (χ2v) is 3.24. The summed E-state index contributed by atoms with van der Waals surface area (Å²) in [5.74, 6) is -0.104. The van der Waals surface area contributed by atoms with Crippen molar-refractivity contribution in [2.45, 2.75) is 13.3 Å². The van der Waals surface area contributed by atoms with Gasteiger partial charge in [0.25, 0.3) is 0 Å².